The third-order valence-electron chi connectivity index (χ3n) is 5.32. The number of aryl methyl sites for hydroxylation is 2. The van der Waals surface area contributed by atoms with Crippen molar-refractivity contribution in [2.24, 2.45) is 0 Å². The van der Waals surface area contributed by atoms with Crippen molar-refractivity contribution in [3.63, 3.8) is 0 Å². The van der Waals surface area contributed by atoms with E-state index in [2.05, 4.69) is 92.5 Å². The molecule has 0 N–H and O–H groups in total. The van der Waals surface area contributed by atoms with Crippen LogP contribution in [-0.4, -0.2) is 0 Å². The Morgan fingerprint density at radius 1 is 1.04 bits per heavy atom. The van der Waals surface area contributed by atoms with Gasteiger partial charge >= 0.3 is 0 Å². The first kappa shape index (κ1) is 16.7. The highest BCUT2D eigenvalue weighted by atomic mass is 79.9. The fraction of sp³-hybridized carbons (Fsp3) is 0.476. The second kappa shape index (κ2) is 5.44. The molecule has 0 saturated carbocycles. The minimum Gasteiger partial charge on any atom is -0.198 e. The zero-order valence-electron chi connectivity index (χ0n) is 15.1. The second-order valence-corrected chi connectivity index (χ2v) is 9.09. The van der Waals surface area contributed by atoms with Crippen LogP contribution in [0.15, 0.2) is 34.9 Å². The molecular formula is C21H27BrN+. The van der Waals surface area contributed by atoms with Crippen LogP contribution in [-0.2, 0) is 17.4 Å². The smallest absolute Gasteiger partial charge is 0.198 e. The molecule has 0 aliphatic heterocycles. The van der Waals surface area contributed by atoms with Gasteiger partial charge in [-0.3, -0.25) is 0 Å². The maximum Gasteiger partial charge on any atom is 0.213 e. The number of rotatable bonds is 2. The van der Waals surface area contributed by atoms with Crippen molar-refractivity contribution in [1.82, 2.24) is 0 Å². The molecule has 1 aromatic carbocycles. The lowest BCUT2D eigenvalue weighted by atomic mass is 9.82. The molecule has 0 fully saturated rings. The molecule has 1 aromatic heterocycles. The third-order valence-corrected chi connectivity index (χ3v) is 5.82. The van der Waals surface area contributed by atoms with Crippen LogP contribution in [0.2, 0.25) is 0 Å². The highest BCUT2D eigenvalue weighted by molar-refractivity contribution is 9.10. The molecule has 0 saturated heterocycles. The van der Waals surface area contributed by atoms with E-state index in [0.29, 0.717) is 0 Å². The van der Waals surface area contributed by atoms with E-state index in [1.807, 2.05) is 0 Å². The minimum atomic E-state index is 0.236. The van der Waals surface area contributed by atoms with Gasteiger partial charge in [-0.15, -0.1) is 0 Å². The Bertz CT molecular complexity index is 772. The number of halogens is 1. The van der Waals surface area contributed by atoms with Crippen molar-refractivity contribution in [2.75, 3.05) is 0 Å². The normalized spacial score (nSPS) is 18.0. The van der Waals surface area contributed by atoms with Crippen LogP contribution in [0.1, 0.15) is 57.7 Å². The maximum absolute atomic E-state index is 3.63. The van der Waals surface area contributed by atoms with Crippen molar-refractivity contribution >= 4 is 15.9 Å². The first-order chi connectivity index (χ1) is 10.7. The zero-order valence-corrected chi connectivity index (χ0v) is 16.7. The number of hydrogen-bond acceptors (Lipinski definition) is 0. The first-order valence-corrected chi connectivity index (χ1v) is 9.30. The van der Waals surface area contributed by atoms with E-state index in [0.717, 1.165) is 11.0 Å². The molecule has 2 heteroatoms. The monoisotopic (exact) mass is 372 g/mol. The van der Waals surface area contributed by atoms with E-state index in [-0.39, 0.29) is 10.8 Å². The average Bonchev–Trinajstić information content (AvgIpc) is 2.65. The fourth-order valence-electron chi connectivity index (χ4n) is 4.35. The van der Waals surface area contributed by atoms with E-state index in [1.54, 1.807) is 0 Å². The Morgan fingerprint density at radius 3 is 2.35 bits per heavy atom. The van der Waals surface area contributed by atoms with Gasteiger partial charge in [0.2, 0.25) is 5.69 Å². The van der Waals surface area contributed by atoms with E-state index in [4.69, 9.17) is 0 Å². The van der Waals surface area contributed by atoms with Crippen LogP contribution >= 0.6 is 15.9 Å². The minimum absolute atomic E-state index is 0.236. The van der Waals surface area contributed by atoms with Crippen molar-refractivity contribution in [1.29, 1.82) is 0 Å². The van der Waals surface area contributed by atoms with E-state index >= 15 is 0 Å². The number of nitrogens with zero attached hydrogens (tertiary/aromatic N) is 1. The molecule has 2 aromatic rings. The molecule has 0 radical (unpaired) electrons. The Kier molecular flexibility index (Phi) is 3.95. The van der Waals surface area contributed by atoms with Gasteiger partial charge in [0.15, 0.2) is 6.20 Å². The molecule has 1 aliphatic carbocycles. The second-order valence-electron chi connectivity index (χ2n) is 8.18. The molecule has 0 atom stereocenters. The van der Waals surface area contributed by atoms with Gasteiger partial charge < -0.3 is 0 Å². The van der Waals surface area contributed by atoms with Gasteiger partial charge in [-0.05, 0) is 54.4 Å². The number of pyridine rings is 1. The lowest BCUT2D eigenvalue weighted by Gasteiger charge is -2.22. The Balaban J connectivity index is 2.30. The van der Waals surface area contributed by atoms with Gasteiger partial charge in [-0.2, -0.15) is 4.57 Å². The maximum atomic E-state index is 3.63. The number of hydrogen-bond donors (Lipinski definition) is 0. The fourth-order valence-corrected chi connectivity index (χ4v) is 4.71. The highest BCUT2D eigenvalue weighted by Gasteiger charge is 2.44. The number of fused-ring (bicyclic) bond motifs is 1. The van der Waals surface area contributed by atoms with Crippen molar-refractivity contribution < 1.29 is 4.57 Å². The van der Waals surface area contributed by atoms with Crippen molar-refractivity contribution in [3.8, 4) is 11.3 Å². The van der Waals surface area contributed by atoms with Gasteiger partial charge in [0, 0.05) is 16.1 Å². The molecule has 1 nitrogen and oxygen atoms in total. The van der Waals surface area contributed by atoms with Gasteiger partial charge in [-0.25, -0.2) is 0 Å². The largest absolute Gasteiger partial charge is 0.213 e. The average molecular weight is 373 g/mol. The van der Waals surface area contributed by atoms with Crippen LogP contribution in [0.3, 0.4) is 0 Å². The summed E-state index contributed by atoms with van der Waals surface area (Å²) in [4.78, 5) is 0. The molecule has 3 rings (SSSR count). The van der Waals surface area contributed by atoms with E-state index in [1.165, 1.54) is 34.4 Å². The Labute approximate surface area is 148 Å². The van der Waals surface area contributed by atoms with Gasteiger partial charge in [0.25, 0.3) is 0 Å². The topological polar surface area (TPSA) is 3.88 Å². The predicted molar refractivity (Wildman–Crippen MR) is 101 cm³/mol. The third kappa shape index (κ3) is 2.76. The predicted octanol–water partition coefficient (Wildman–Crippen LogP) is 5.69. The highest BCUT2D eigenvalue weighted by Crippen LogP contribution is 2.49. The molecule has 0 spiro atoms. The lowest BCUT2D eigenvalue weighted by molar-refractivity contribution is -0.683. The lowest BCUT2D eigenvalue weighted by Crippen LogP contribution is -2.37. The number of benzene rings is 1. The first-order valence-electron chi connectivity index (χ1n) is 8.51. The van der Waals surface area contributed by atoms with Crippen LogP contribution in [0.25, 0.3) is 11.3 Å². The van der Waals surface area contributed by atoms with Crippen molar-refractivity contribution in [3.05, 3.63) is 51.6 Å². The zero-order chi connectivity index (χ0) is 17.0. The molecule has 1 heterocycles. The molecule has 0 amide bonds. The summed E-state index contributed by atoms with van der Waals surface area (Å²) < 4.78 is 3.55. The summed E-state index contributed by atoms with van der Waals surface area (Å²) in [6.45, 7) is 14.9. The van der Waals surface area contributed by atoms with Gasteiger partial charge in [0.1, 0.15) is 6.54 Å². The SMILES string of the molecule is CC[n+]1cc2c(cc1-c1cc(Br)ccc1C)C(C)(C)CC2(C)C. The Hall–Kier alpha value is -1.15. The molecule has 0 unspecified atom stereocenters. The van der Waals surface area contributed by atoms with Gasteiger partial charge in [0.05, 0.1) is 5.56 Å². The summed E-state index contributed by atoms with van der Waals surface area (Å²) in [6, 6.07) is 9.01. The van der Waals surface area contributed by atoms with Crippen LogP contribution in [0, 0.1) is 6.92 Å². The number of aromatic nitrogens is 1. The molecule has 122 valence electrons. The molecule has 0 bridgehead atoms. The summed E-state index contributed by atoms with van der Waals surface area (Å²) in [5.41, 5.74) is 7.49. The standard InChI is InChI=1S/C21H27BrN/c1-7-23-12-18-17(20(3,4)13-21(18,5)6)11-19(23)16-10-15(22)9-8-14(16)2/h8-12H,7,13H2,1-6H3/q+1. The van der Waals surface area contributed by atoms with Gasteiger partial charge in [-0.1, -0.05) is 49.7 Å². The summed E-state index contributed by atoms with van der Waals surface area (Å²) in [5.74, 6) is 0. The van der Waals surface area contributed by atoms with E-state index < -0.39 is 0 Å². The summed E-state index contributed by atoms with van der Waals surface area (Å²) in [5, 5.41) is 0. The van der Waals surface area contributed by atoms with Crippen LogP contribution < -0.4 is 4.57 Å². The van der Waals surface area contributed by atoms with Crippen LogP contribution in [0.4, 0.5) is 0 Å². The van der Waals surface area contributed by atoms with Crippen molar-refractivity contribution in [2.45, 2.75) is 65.3 Å². The summed E-state index contributed by atoms with van der Waals surface area (Å²) >= 11 is 3.63. The molecule has 1 aliphatic rings. The Morgan fingerprint density at radius 2 is 1.70 bits per heavy atom. The quantitative estimate of drug-likeness (QED) is 0.596. The van der Waals surface area contributed by atoms with E-state index in [9.17, 15) is 0 Å². The molecule has 23 heavy (non-hydrogen) atoms. The summed E-state index contributed by atoms with van der Waals surface area (Å²) in [7, 11) is 0. The van der Waals surface area contributed by atoms with Crippen LogP contribution in [0.5, 0.6) is 0 Å². The summed E-state index contributed by atoms with van der Waals surface area (Å²) in [6.07, 6.45) is 3.61. The molecular weight excluding hydrogens is 346 g/mol.